The molecule has 1 aromatic heterocycles. The van der Waals surface area contributed by atoms with Crippen LogP contribution in [0.5, 0.6) is 5.75 Å². The molecule has 2 N–H and O–H groups in total. The second-order valence-corrected chi connectivity index (χ2v) is 8.50. The van der Waals surface area contributed by atoms with Crippen molar-refractivity contribution in [3.05, 3.63) is 100 Å². The number of carboxylic acid groups (broad SMARTS) is 1. The summed E-state index contributed by atoms with van der Waals surface area (Å²) in [6.07, 6.45) is 0. The van der Waals surface area contributed by atoms with E-state index in [1.807, 2.05) is 43.3 Å². The van der Waals surface area contributed by atoms with E-state index >= 15 is 0 Å². The lowest BCUT2D eigenvalue weighted by atomic mass is 9.90. The molecule has 0 fully saturated rings. The number of carboxylic acids is 1. The average Bonchev–Trinajstić information content (AvgIpc) is 2.82. The van der Waals surface area contributed by atoms with Crippen molar-refractivity contribution >= 4 is 49.5 Å². The second kappa shape index (κ2) is 7.18. The molecule has 6 aromatic rings. The molecule has 0 saturated heterocycles. The van der Waals surface area contributed by atoms with E-state index in [1.165, 1.54) is 6.07 Å². The van der Waals surface area contributed by atoms with Crippen LogP contribution in [-0.4, -0.2) is 16.2 Å². The molecule has 0 atom stereocenters. The van der Waals surface area contributed by atoms with Crippen molar-refractivity contribution in [2.24, 2.45) is 0 Å². The number of carbonyl (C=O) groups is 1. The summed E-state index contributed by atoms with van der Waals surface area (Å²) in [5, 5.41) is 24.6. The molecule has 0 aliphatic rings. The van der Waals surface area contributed by atoms with Gasteiger partial charge in [-0.1, -0.05) is 29.8 Å². The van der Waals surface area contributed by atoms with Gasteiger partial charge in [0.05, 0.1) is 5.56 Å². The molecule has 0 unspecified atom stereocenters. The monoisotopic (exact) mass is 446 g/mol. The first kappa shape index (κ1) is 20.0. The number of rotatable bonds is 2. The summed E-state index contributed by atoms with van der Waals surface area (Å²) in [6.45, 7) is 1.86. The van der Waals surface area contributed by atoms with E-state index in [-0.39, 0.29) is 16.7 Å². The van der Waals surface area contributed by atoms with Gasteiger partial charge in [-0.3, -0.25) is 4.79 Å². The Morgan fingerprint density at radius 1 is 0.735 bits per heavy atom. The molecule has 0 aliphatic heterocycles. The van der Waals surface area contributed by atoms with Crippen molar-refractivity contribution in [3.63, 3.8) is 0 Å². The molecule has 164 valence electrons. The molecule has 34 heavy (non-hydrogen) atoms. The van der Waals surface area contributed by atoms with E-state index in [4.69, 9.17) is 4.42 Å². The highest BCUT2D eigenvalue weighted by molar-refractivity contribution is 6.20. The fourth-order valence-electron chi connectivity index (χ4n) is 4.77. The summed E-state index contributed by atoms with van der Waals surface area (Å²) in [5.41, 5.74) is 3.44. The molecule has 5 heteroatoms. The van der Waals surface area contributed by atoms with Crippen LogP contribution >= 0.6 is 0 Å². The minimum absolute atomic E-state index is 0.0968. The van der Waals surface area contributed by atoms with Gasteiger partial charge in [-0.15, -0.1) is 0 Å². The molecule has 6 rings (SSSR count). The van der Waals surface area contributed by atoms with Crippen molar-refractivity contribution in [1.29, 1.82) is 0 Å². The van der Waals surface area contributed by atoms with Gasteiger partial charge in [-0.05, 0) is 77.9 Å². The van der Waals surface area contributed by atoms with Crippen LogP contribution in [0.1, 0.15) is 15.9 Å². The highest BCUT2D eigenvalue weighted by Crippen LogP contribution is 2.42. The standard InChI is InChI=1S/C29H18O5/c1-15-2-7-22(25(12-15)29(32)33)26-23-8-3-16-13-18(30)5-10-20(16)27(23)34-28-21-11-6-19(31)14-17(21)4-9-24(26)28/h2-14,30H,1H3,(H,32,33). The zero-order valence-electron chi connectivity index (χ0n) is 18.1. The van der Waals surface area contributed by atoms with E-state index in [0.717, 1.165) is 43.4 Å². The number of phenolic OH excluding ortho intramolecular Hbond substituents is 1. The lowest BCUT2D eigenvalue weighted by Gasteiger charge is -2.16. The lowest BCUT2D eigenvalue weighted by molar-refractivity contribution is 0.0697. The van der Waals surface area contributed by atoms with E-state index in [0.29, 0.717) is 16.7 Å². The number of benzene rings is 5. The average molecular weight is 446 g/mol. The smallest absolute Gasteiger partial charge is 0.336 e. The highest BCUT2D eigenvalue weighted by Gasteiger charge is 2.20. The van der Waals surface area contributed by atoms with Gasteiger partial charge < -0.3 is 14.6 Å². The molecule has 0 aliphatic carbocycles. The van der Waals surface area contributed by atoms with E-state index in [1.54, 1.807) is 36.4 Å². The molecule has 0 radical (unpaired) electrons. The first-order valence-corrected chi connectivity index (χ1v) is 10.8. The van der Waals surface area contributed by atoms with Gasteiger partial charge in [0.15, 0.2) is 5.43 Å². The van der Waals surface area contributed by atoms with Gasteiger partial charge in [0.2, 0.25) is 0 Å². The van der Waals surface area contributed by atoms with Crippen LogP contribution in [0.2, 0.25) is 0 Å². The Bertz CT molecular complexity index is 1880. The van der Waals surface area contributed by atoms with Gasteiger partial charge in [0, 0.05) is 27.1 Å². The number of phenols is 1. The molecule has 0 bridgehead atoms. The second-order valence-electron chi connectivity index (χ2n) is 8.50. The largest absolute Gasteiger partial charge is 0.508 e. The Balaban J connectivity index is 1.89. The van der Waals surface area contributed by atoms with E-state index in [2.05, 4.69) is 0 Å². The minimum Gasteiger partial charge on any atom is -0.508 e. The third-order valence-corrected chi connectivity index (χ3v) is 6.31. The van der Waals surface area contributed by atoms with Crippen LogP contribution in [0.15, 0.2) is 88.1 Å². The van der Waals surface area contributed by atoms with Gasteiger partial charge in [-0.25, -0.2) is 4.79 Å². The number of hydrogen-bond acceptors (Lipinski definition) is 4. The maximum Gasteiger partial charge on any atom is 0.336 e. The molecule has 0 spiro atoms. The lowest BCUT2D eigenvalue weighted by Crippen LogP contribution is -2.01. The van der Waals surface area contributed by atoms with Gasteiger partial charge >= 0.3 is 5.97 Å². The predicted octanol–water partition coefficient (Wildman–Crippen LogP) is 6.63. The quantitative estimate of drug-likeness (QED) is 0.230. The van der Waals surface area contributed by atoms with Crippen LogP contribution in [0.25, 0.3) is 54.6 Å². The van der Waals surface area contributed by atoms with E-state index < -0.39 is 5.97 Å². The Hall–Kier alpha value is -4.64. The summed E-state index contributed by atoms with van der Waals surface area (Å²) in [4.78, 5) is 24.2. The van der Waals surface area contributed by atoms with Crippen molar-refractivity contribution in [3.8, 4) is 16.9 Å². The fourth-order valence-corrected chi connectivity index (χ4v) is 4.77. The molecule has 0 amide bonds. The minimum atomic E-state index is -1.01. The summed E-state index contributed by atoms with van der Waals surface area (Å²) in [5.74, 6) is -0.865. The Kier molecular flexibility index (Phi) is 4.23. The topological polar surface area (TPSA) is 87.7 Å². The Morgan fingerprint density at radius 3 is 2.03 bits per heavy atom. The number of fused-ring (bicyclic) bond motifs is 6. The van der Waals surface area contributed by atoms with Gasteiger partial charge in [0.25, 0.3) is 0 Å². The van der Waals surface area contributed by atoms with Crippen molar-refractivity contribution in [2.75, 3.05) is 0 Å². The molecular weight excluding hydrogens is 428 g/mol. The first-order chi connectivity index (χ1) is 16.4. The normalized spacial score (nSPS) is 11.6. The van der Waals surface area contributed by atoms with Crippen LogP contribution in [0.4, 0.5) is 0 Å². The zero-order valence-corrected chi connectivity index (χ0v) is 18.1. The predicted molar refractivity (Wildman–Crippen MR) is 134 cm³/mol. The van der Waals surface area contributed by atoms with Crippen LogP contribution in [0, 0.1) is 6.92 Å². The van der Waals surface area contributed by atoms with Gasteiger partial charge in [0.1, 0.15) is 16.9 Å². The summed E-state index contributed by atoms with van der Waals surface area (Å²) >= 11 is 0. The van der Waals surface area contributed by atoms with E-state index in [9.17, 15) is 19.8 Å². The maximum absolute atomic E-state index is 12.2. The van der Waals surface area contributed by atoms with Crippen LogP contribution in [-0.2, 0) is 0 Å². The van der Waals surface area contributed by atoms with Crippen LogP contribution in [0.3, 0.4) is 0 Å². The number of aryl methyl sites for hydroxylation is 1. The third kappa shape index (κ3) is 2.94. The summed E-state index contributed by atoms with van der Waals surface area (Å²) in [6, 6.07) is 22.8. The summed E-state index contributed by atoms with van der Waals surface area (Å²) in [7, 11) is 0. The first-order valence-electron chi connectivity index (χ1n) is 10.8. The molecule has 5 aromatic carbocycles. The Labute approximate surface area is 193 Å². The highest BCUT2D eigenvalue weighted by atomic mass is 16.4. The van der Waals surface area contributed by atoms with Crippen molar-refractivity contribution in [1.82, 2.24) is 0 Å². The summed E-state index contributed by atoms with van der Waals surface area (Å²) < 4.78 is 6.51. The zero-order chi connectivity index (χ0) is 23.6. The molecule has 5 nitrogen and oxygen atoms in total. The number of aromatic carboxylic acids is 1. The fraction of sp³-hybridized carbons (Fsp3) is 0.0345. The molecule has 0 saturated carbocycles. The van der Waals surface area contributed by atoms with Gasteiger partial charge in [-0.2, -0.15) is 0 Å². The number of hydrogen-bond donors (Lipinski definition) is 2. The molecular formula is C29H18O5. The van der Waals surface area contributed by atoms with Crippen LogP contribution < -0.4 is 5.43 Å². The molecule has 1 heterocycles. The number of aromatic hydroxyl groups is 1. The van der Waals surface area contributed by atoms with Crippen molar-refractivity contribution < 1.29 is 19.4 Å². The third-order valence-electron chi connectivity index (χ3n) is 6.31. The van der Waals surface area contributed by atoms with Crippen molar-refractivity contribution in [2.45, 2.75) is 6.92 Å². The SMILES string of the molecule is Cc1ccc(-c2c3ccc4cc(O)ccc4c3oc3c2ccc2cc(=O)ccc23)c(C(=O)O)c1. The maximum atomic E-state index is 12.2. The Morgan fingerprint density at radius 2 is 1.35 bits per heavy atom.